The van der Waals surface area contributed by atoms with Crippen LogP contribution in [0.25, 0.3) is 0 Å². The molecule has 0 bridgehead atoms. The summed E-state index contributed by atoms with van der Waals surface area (Å²) in [6.07, 6.45) is 1.50. The molecule has 1 aliphatic heterocycles. The highest BCUT2D eigenvalue weighted by molar-refractivity contribution is 5.97. The normalized spacial score (nSPS) is 18.9. The lowest BCUT2D eigenvalue weighted by Gasteiger charge is -2.15. The molecule has 0 radical (unpaired) electrons. The number of carbonyl (C=O) groups is 2. The molecule has 1 aliphatic rings. The van der Waals surface area contributed by atoms with Gasteiger partial charge in [0.2, 0.25) is 0 Å². The summed E-state index contributed by atoms with van der Waals surface area (Å²) in [5, 5.41) is 2.72. The molecule has 1 fully saturated rings. The van der Waals surface area contributed by atoms with Gasteiger partial charge in [-0.15, -0.1) is 0 Å². The van der Waals surface area contributed by atoms with E-state index in [1.165, 1.54) is 13.2 Å². The van der Waals surface area contributed by atoms with Crippen LogP contribution in [0.2, 0.25) is 0 Å². The fourth-order valence-corrected chi connectivity index (χ4v) is 2.06. The summed E-state index contributed by atoms with van der Waals surface area (Å²) in [6, 6.07) is 4.74. The highest BCUT2D eigenvalue weighted by atomic mass is 16.5. The molecule has 0 aliphatic carbocycles. The molecular weight excluding hydrogens is 260 g/mol. The van der Waals surface area contributed by atoms with Gasteiger partial charge in [-0.05, 0) is 37.5 Å². The van der Waals surface area contributed by atoms with Crippen molar-refractivity contribution in [1.82, 2.24) is 5.32 Å². The minimum absolute atomic E-state index is 0.210. The van der Waals surface area contributed by atoms with Gasteiger partial charge in [0.15, 0.2) is 6.10 Å². The highest BCUT2D eigenvalue weighted by Crippen LogP contribution is 2.21. The van der Waals surface area contributed by atoms with Crippen molar-refractivity contribution in [3.8, 4) is 5.75 Å². The number of esters is 1. The van der Waals surface area contributed by atoms with E-state index in [1.54, 1.807) is 12.1 Å². The van der Waals surface area contributed by atoms with Gasteiger partial charge in [-0.1, -0.05) is 0 Å². The number of nitrogens with one attached hydrogen (secondary N) is 1. The van der Waals surface area contributed by atoms with Crippen molar-refractivity contribution in [2.24, 2.45) is 0 Å². The van der Waals surface area contributed by atoms with E-state index in [4.69, 9.17) is 15.2 Å². The van der Waals surface area contributed by atoms with Crippen molar-refractivity contribution in [1.29, 1.82) is 0 Å². The first-order chi connectivity index (χ1) is 9.61. The van der Waals surface area contributed by atoms with E-state index in [0.717, 1.165) is 12.8 Å². The van der Waals surface area contributed by atoms with E-state index in [1.807, 2.05) is 0 Å². The largest absolute Gasteiger partial charge is 0.497 e. The number of hydrogen-bond donors (Lipinski definition) is 2. The zero-order valence-electron chi connectivity index (χ0n) is 11.3. The van der Waals surface area contributed by atoms with Gasteiger partial charge < -0.3 is 20.5 Å². The second-order valence-electron chi connectivity index (χ2n) is 4.63. The quantitative estimate of drug-likeness (QED) is 0.638. The molecule has 0 saturated carbocycles. The smallest absolute Gasteiger partial charge is 0.341 e. The maximum Gasteiger partial charge on any atom is 0.341 e. The Labute approximate surface area is 117 Å². The standard InChI is InChI=1S/C14H18N2O4/c1-19-9-5-6-11(15)10(8-9)14(18)20-12-4-2-3-7-16-13(12)17/h5-6,8,12H,2-4,7,15H2,1H3,(H,16,17). The summed E-state index contributed by atoms with van der Waals surface area (Å²) < 4.78 is 10.3. The van der Waals surface area contributed by atoms with Gasteiger partial charge in [0.05, 0.1) is 12.7 Å². The van der Waals surface area contributed by atoms with Crippen molar-refractivity contribution in [3.05, 3.63) is 23.8 Å². The van der Waals surface area contributed by atoms with Gasteiger partial charge in [-0.2, -0.15) is 0 Å². The molecule has 6 nitrogen and oxygen atoms in total. The van der Waals surface area contributed by atoms with E-state index >= 15 is 0 Å². The predicted molar refractivity (Wildman–Crippen MR) is 73.5 cm³/mol. The molecule has 1 atom stereocenters. The second kappa shape index (κ2) is 6.27. The predicted octanol–water partition coefficient (Wildman–Crippen LogP) is 1.10. The second-order valence-corrected chi connectivity index (χ2v) is 4.63. The van der Waals surface area contributed by atoms with E-state index in [9.17, 15) is 9.59 Å². The van der Waals surface area contributed by atoms with E-state index in [0.29, 0.717) is 24.4 Å². The Morgan fingerprint density at radius 3 is 2.95 bits per heavy atom. The molecule has 0 spiro atoms. The molecular formula is C14H18N2O4. The maximum absolute atomic E-state index is 12.1. The van der Waals surface area contributed by atoms with Crippen molar-refractivity contribution < 1.29 is 19.1 Å². The highest BCUT2D eigenvalue weighted by Gasteiger charge is 2.26. The number of ether oxygens (including phenoxy) is 2. The number of anilines is 1. The van der Waals surface area contributed by atoms with Gasteiger partial charge in [0, 0.05) is 12.2 Å². The molecule has 1 amide bonds. The summed E-state index contributed by atoms with van der Waals surface area (Å²) in [7, 11) is 1.50. The van der Waals surface area contributed by atoms with Crippen LogP contribution in [0.5, 0.6) is 5.75 Å². The van der Waals surface area contributed by atoms with Crippen molar-refractivity contribution in [2.75, 3.05) is 19.4 Å². The Hall–Kier alpha value is -2.24. The number of amides is 1. The monoisotopic (exact) mass is 278 g/mol. The van der Waals surface area contributed by atoms with E-state index < -0.39 is 12.1 Å². The average Bonchev–Trinajstić information content (AvgIpc) is 2.64. The molecule has 0 aromatic heterocycles. The number of methoxy groups -OCH3 is 1. The summed E-state index contributed by atoms with van der Waals surface area (Å²) >= 11 is 0. The molecule has 1 aromatic carbocycles. The zero-order valence-corrected chi connectivity index (χ0v) is 11.3. The van der Waals surface area contributed by atoms with Gasteiger partial charge in [0.1, 0.15) is 5.75 Å². The molecule has 1 heterocycles. The van der Waals surface area contributed by atoms with Crippen molar-refractivity contribution >= 4 is 17.6 Å². The van der Waals surface area contributed by atoms with Crippen LogP contribution >= 0.6 is 0 Å². The fourth-order valence-electron chi connectivity index (χ4n) is 2.06. The third-order valence-electron chi connectivity index (χ3n) is 3.21. The molecule has 2 rings (SSSR count). The average molecular weight is 278 g/mol. The van der Waals surface area contributed by atoms with E-state index in [2.05, 4.69) is 5.32 Å². The molecule has 6 heteroatoms. The van der Waals surface area contributed by atoms with Crippen LogP contribution in [0, 0.1) is 0 Å². The maximum atomic E-state index is 12.1. The molecule has 1 aromatic rings. The molecule has 108 valence electrons. The van der Waals surface area contributed by atoms with Crippen LogP contribution < -0.4 is 15.8 Å². The molecule has 1 unspecified atom stereocenters. The van der Waals surface area contributed by atoms with Gasteiger partial charge in [-0.3, -0.25) is 4.79 Å². The van der Waals surface area contributed by atoms with Gasteiger partial charge in [-0.25, -0.2) is 4.79 Å². The minimum atomic E-state index is -0.754. The summed E-state index contributed by atoms with van der Waals surface area (Å²) in [6.45, 7) is 0.619. The number of nitrogens with two attached hydrogens (primary N) is 1. The summed E-state index contributed by atoms with van der Waals surface area (Å²) in [5.41, 5.74) is 6.26. The van der Waals surface area contributed by atoms with Crippen LogP contribution in [0.4, 0.5) is 5.69 Å². The van der Waals surface area contributed by atoms with Gasteiger partial charge in [0.25, 0.3) is 5.91 Å². The molecule has 20 heavy (non-hydrogen) atoms. The van der Waals surface area contributed by atoms with Crippen LogP contribution in [0.15, 0.2) is 18.2 Å². The van der Waals surface area contributed by atoms with Crippen LogP contribution in [0.3, 0.4) is 0 Å². The Kier molecular flexibility index (Phi) is 4.45. The number of hydrogen-bond acceptors (Lipinski definition) is 5. The Balaban J connectivity index is 2.12. The lowest BCUT2D eigenvalue weighted by atomic mass is 10.1. The first-order valence-electron chi connectivity index (χ1n) is 6.54. The first-order valence-corrected chi connectivity index (χ1v) is 6.54. The fraction of sp³-hybridized carbons (Fsp3) is 0.429. The minimum Gasteiger partial charge on any atom is -0.497 e. The van der Waals surface area contributed by atoms with Gasteiger partial charge >= 0.3 is 5.97 Å². The zero-order chi connectivity index (χ0) is 14.5. The third kappa shape index (κ3) is 3.20. The van der Waals surface area contributed by atoms with Crippen LogP contribution in [-0.2, 0) is 9.53 Å². The summed E-state index contributed by atoms with van der Waals surface area (Å²) in [5.74, 6) is -0.350. The van der Waals surface area contributed by atoms with Crippen molar-refractivity contribution in [2.45, 2.75) is 25.4 Å². The SMILES string of the molecule is COc1ccc(N)c(C(=O)OC2CCCCNC2=O)c1. The number of nitrogen functional groups attached to an aromatic ring is 1. The lowest BCUT2D eigenvalue weighted by Crippen LogP contribution is -2.36. The number of carbonyl (C=O) groups excluding carboxylic acids is 2. The van der Waals surface area contributed by atoms with Crippen molar-refractivity contribution in [3.63, 3.8) is 0 Å². The molecule has 3 N–H and O–H groups in total. The third-order valence-corrected chi connectivity index (χ3v) is 3.21. The van der Waals surface area contributed by atoms with E-state index in [-0.39, 0.29) is 11.5 Å². The number of rotatable bonds is 3. The lowest BCUT2D eigenvalue weighted by molar-refractivity contribution is -0.129. The summed E-state index contributed by atoms with van der Waals surface area (Å²) in [4.78, 5) is 23.9. The van der Waals surface area contributed by atoms with Crippen LogP contribution in [-0.4, -0.2) is 31.6 Å². The first kappa shape index (κ1) is 14.2. The van der Waals surface area contributed by atoms with Crippen LogP contribution in [0.1, 0.15) is 29.6 Å². The topological polar surface area (TPSA) is 90.7 Å². The Morgan fingerprint density at radius 2 is 2.20 bits per heavy atom. The Morgan fingerprint density at radius 1 is 1.40 bits per heavy atom. The molecule has 1 saturated heterocycles. The Bertz CT molecular complexity index is 516. The number of benzene rings is 1.